The van der Waals surface area contributed by atoms with Gasteiger partial charge in [-0.3, -0.25) is 9.59 Å². The van der Waals surface area contributed by atoms with Crippen molar-refractivity contribution in [2.45, 2.75) is 85.5 Å². The van der Waals surface area contributed by atoms with Gasteiger partial charge in [0.05, 0.1) is 0 Å². The maximum absolute atomic E-state index is 13.3. The van der Waals surface area contributed by atoms with E-state index in [1.807, 2.05) is 71.9 Å². The van der Waals surface area contributed by atoms with E-state index in [0.29, 0.717) is 19.3 Å². The minimum Gasteiger partial charge on any atom is -0.445 e. The zero-order chi connectivity index (χ0) is 28.9. The average molecular weight is 552 g/mol. The van der Waals surface area contributed by atoms with Gasteiger partial charge in [-0.1, -0.05) is 78.0 Å². The lowest BCUT2D eigenvalue weighted by atomic mass is 9.99. The van der Waals surface area contributed by atoms with Crippen LogP contribution in [0.2, 0.25) is 0 Å². The summed E-state index contributed by atoms with van der Waals surface area (Å²) in [4.78, 5) is 38.9. The molecule has 0 aliphatic heterocycles. The van der Waals surface area contributed by atoms with Crippen molar-refractivity contribution in [3.05, 3.63) is 47.4 Å². The van der Waals surface area contributed by atoms with Crippen molar-refractivity contribution in [2.75, 3.05) is 6.26 Å². The molecule has 1 aromatic carbocycles. The van der Waals surface area contributed by atoms with E-state index in [1.54, 1.807) is 0 Å². The molecule has 0 saturated carbocycles. The molecule has 0 aliphatic rings. The van der Waals surface area contributed by atoms with E-state index in [1.165, 1.54) is 6.08 Å². The highest BCUT2D eigenvalue weighted by Gasteiger charge is 2.29. The molecule has 0 spiro atoms. The molecular weight excluding hydrogens is 506 g/mol. The average Bonchev–Trinajstić information content (AvgIpc) is 2.79. The van der Waals surface area contributed by atoms with Crippen LogP contribution >= 0.6 is 0 Å². The second-order valence-electron chi connectivity index (χ2n) is 11.0. The van der Waals surface area contributed by atoms with E-state index in [2.05, 4.69) is 16.0 Å². The number of amides is 3. The molecule has 3 atom stereocenters. The predicted molar refractivity (Wildman–Crippen MR) is 150 cm³/mol. The lowest BCUT2D eigenvalue weighted by Gasteiger charge is -2.26. The zero-order valence-electron chi connectivity index (χ0n) is 23.7. The van der Waals surface area contributed by atoms with E-state index in [9.17, 15) is 22.8 Å². The van der Waals surface area contributed by atoms with Gasteiger partial charge >= 0.3 is 6.09 Å². The molecule has 214 valence electrons. The van der Waals surface area contributed by atoms with Crippen LogP contribution < -0.4 is 16.0 Å². The Labute approximate surface area is 228 Å². The number of hydrogen-bond acceptors (Lipinski definition) is 6. The Bertz CT molecular complexity index is 1020. The third-order valence-corrected chi connectivity index (χ3v) is 6.13. The van der Waals surface area contributed by atoms with Crippen molar-refractivity contribution in [3.8, 4) is 0 Å². The molecule has 1 rings (SSSR count). The summed E-state index contributed by atoms with van der Waals surface area (Å²) in [5.41, 5.74) is 0.821. The van der Waals surface area contributed by atoms with Gasteiger partial charge in [-0.2, -0.15) is 0 Å². The first-order valence-electron chi connectivity index (χ1n) is 13.1. The molecule has 38 heavy (non-hydrogen) atoms. The summed E-state index contributed by atoms with van der Waals surface area (Å²) in [5, 5.41) is 9.39. The molecule has 0 bridgehead atoms. The van der Waals surface area contributed by atoms with Crippen LogP contribution in [0.1, 0.15) is 66.4 Å². The normalized spacial score (nSPS) is 14.4. The van der Waals surface area contributed by atoms with Crippen molar-refractivity contribution in [3.63, 3.8) is 0 Å². The third-order valence-electron chi connectivity index (χ3n) is 5.48. The molecule has 1 aromatic rings. The van der Waals surface area contributed by atoms with Gasteiger partial charge in [0.2, 0.25) is 11.8 Å². The van der Waals surface area contributed by atoms with Crippen molar-refractivity contribution in [1.82, 2.24) is 16.0 Å². The minimum absolute atomic E-state index is 0.0688. The van der Waals surface area contributed by atoms with E-state index in [4.69, 9.17) is 4.74 Å². The SMILES string of the molecule is CC(C)CC(/C=C/S(C)(=O)=O)NC(=O)C(CC(C)C)NC(=O)C(CC(C)C)NC(=O)OCc1ccccc1. The smallest absolute Gasteiger partial charge is 0.408 e. The monoisotopic (exact) mass is 551 g/mol. The number of ether oxygens (including phenoxy) is 1. The highest BCUT2D eigenvalue weighted by molar-refractivity contribution is 7.93. The first-order chi connectivity index (χ1) is 17.7. The largest absolute Gasteiger partial charge is 0.445 e. The summed E-state index contributed by atoms with van der Waals surface area (Å²) < 4.78 is 28.5. The maximum Gasteiger partial charge on any atom is 0.408 e. The van der Waals surface area contributed by atoms with Gasteiger partial charge in [0.1, 0.15) is 18.7 Å². The number of benzene rings is 1. The molecule has 9 nitrogen and oxygen atoms in total. The standard InChI is InChI=1S/C28H45N3O6S/c1-19(2)15-23(13-14-38(7,35)36)29-26(32)24(16-20(3)4)30-27(33)25(17-21(5)6)31-28(34)37-18-22-11-9-8-10-12-22/h8-14,19-21,23-25H,15-18H2,1-7H3,(H,29,32)(H,30,33)(H,31,34)/b14-13+. The molecular formula is C28H45N3O6S. The minimum atomic E-state index is -3.36. The fourth-order valence-electron chi connectivity index (χ4n) is 3.80. The van der Waals surface area contributed by atoms with Crippen LogP contribution in [0.4, 0.5) is 4.79 Å². The van der Waals surface area contributed by atoms with Crippen molar-refractivity contribution in [2.24, 2.45) is 17.8 Å². The van der Waals surface area contributed by atoms with Gasteiger partial charge in [-0.15, -0.1) is 0 Å². The second kappa shape index (κ2) is 16.2. The molecule has 0 radical (unpaired) electrons. The Morgan fingerprint density at radius 1 is 0.789 bits per heavy atom. The fourth-order valence-corrected chi connectivity index (χ4v) is 4.27. The molecule has 3 amide bonds. The molecule has 10 heteroatoms. The van der Waals surface area contributed by atoms with E-state index < -0.39 is 45.9 Å². The molecule has 0 aliphatic carbocycles. The number of rotatable bonds is 15. The van der Waals surface area contributed by atoms with Crippen LogP contribution in [0.3, 0.4) is 0 Å². The molecule has 0 heterocycles. The Balaban J connectivity index is 2.97. The lowest BCUT2D eigenvalue weighted by molar-refractivity contribution is -0.130. The van der Waals surface area contributed by atoms with Gasteiger partial charge in [-0.25, -0.2) is 13.2 Å². The van der Waals surface area contributed by atoms with Gasteiger partial charge in [0.25, 0.3) is 0 Å². The molecule has 3 unspecified atom stereocenters. The van der Waals surface area contributed by atoms with Crippen LogP contribution in [-0.2, 0) is 30.8 Å². The number of hydrogen-bond donors (Lipinski definition) is 3. The van der Waals surface area contributed by atoms with Gasteiger partial charge in [-0.05, 0) is 42.6 Å². The van der Waals surface area contributed by atoms with Crippen LogP contribution in [0.25, 0.3) is 0 Å². The van der Waals surface area contributed by atoms with Gasteiger partial charge in [0.15, 0.2) is 9.84 Å². The summed E-state index contributed by atoms with van der Waals surface area (Å²) in [6, 6.07) is 6.95. The first kappa shape index (κ1) is 33.1. The summed E-state index contributed by atoms with van der Waals surface area (Å²) >= 11 is 0. The van der Waals surface area contributed by atoms with Crippen molar-refractivity contribution >= 4 is 27.7 Å². The molecule has 3 N–H and O–H groups in total. The lowest BCUT2D eigenvalue weighted by Crippen LogP contribution is -2.55. The highest BCUT2D eigenvalue weighted by atomic mass is 32.2. The number of nitrogens with one attached hydrogen (secondary N) is 3. The molecule has 0 aromatic heterocycles. The van der Waals surface area contributed by atoms with Crippen molar-refractivity contribution < 1.29 is 27.5 Å². The number of alkyl carbamates (subject to hydrolysis) is 1. The Morgan fingerprint density at radius 2 is 1.29 bits per heavy atom. The van der Waals surface area contributed by atoms with E-state index in [-0.39, 0.29) is 24.4 Å². The third kappa shape index (κ3) is 14.8. The Hall–Kier alpha value is -2.88. The highest BCUT2D eigenvalue weighted by Crippen LogP contribution is 2.12. The quantitative estimate of drug-likeness (QED) is 0.303. The topological polar surface area (TPSA) is 131 Å². The van der Waals surface area contributed by atoms with Crippen LogP contribution in [0.15, 0.2) is 41.8 Å². The Morgan fingerprint density at radius 3 is 1.79 bits per heavy atom. The van der Waals surface area contributed by atoms with Crippen molar-refractivity contribution in [1.29, 1.82) is 0 Å². The van der Waals surface area contributed by atoms with Crippen LogP contribution in [0.5, 0.6) is 0 Å². The molecule has 0 fully saturated rings. The first-order valence-corrected chi connectivity index (χ1v) is 15.1. The van der Waals surface area contributed by atoms with E-state index >= 15 is 0 Å². The molecule has 0 saturated heterocycles. The van der Waals surface area contributed by atoms with Gasteiger partial charge in [0, 0.05) is 17.7 Å². The Kier molecular flexibility index (Phi) is 14.1. The summed E-state index contributed by atoms with van der Waals surface area (Å²) in [7, 11) is -3.36. The number of carbonyl (C=O) groups excluding carboxylic acids is 3. The summed E-state index contributed by atoms with van der Waals surface area (Å²) in [6.07, 6.45) is 3.09. The zero-order valence-corrected chi connectivity index (χ0v) is 24.5. The summed E-state index contributed by atoms with van der Waals surface area (Å²) in [5.74, 6) is -0.513. The number of carbonyl (C=O) groups is 3. The maximum atomic E-state index is 13.3. The summed E-state index contributed by atoms with van der Waals surface area (Å²) in [6.45, 7) is 11.7. The van der Waals surface area contributed by atoms with Gasteiger partial charge < -0.3 is 20.7 Å². The second-order valence-corrected chi connectivity index (χ2v) is 12.9. The van der Waals surface area contributed by atoms with E-state index in [0.717, 1.165) is 17.2 Å². The predicted octanol–water partition coefficient (Wildman–Crippen LogP) is 3.95. The van der Waals surface area contributed by atoms with Crippen LogP contribution in [-0.4, -0.2) is 50.7 Å². The fraction of sp³-hybridized carbons (Fsp3) is 0.607. The number of sulfone groups is 1. The van der Waals surface area contributed by atoms with Crippen LogP contribution in [0, 0.1) is 17.8 Å².